The summed E-state index contributed by atoms with van der Waals surface area (Å²) < 4.78 is 0. The van der Waals surface area contributed by atoms with Gasteiger partial charge in [0.05, 0.1) is 12.8 Å². The average Bonchev–Trinajstić information content (AvgIpc) is 2.46. The molecule has 5 nitrogen and oxygen atoms in total. The van der Waals surface area contributed by atoms with Crippen LogP contribution in [0.1, 0.15) is 0 Å². The monoisotopic (exact) mass is 198 g/mol. The van der Waals surface area contributed by atoms with Crippen molar-refractivity contribution >= 4 is 17.2 Å². The average molecular weight is 198 g/mol. The van der Waals surface area contributed by atoms with Gasteiger partial charge in [-0.3, -0.25) is 5.01 Å². The standard InChI is InChI=1S/C7H10N4OS/c1-10-3-6-8-5(4-12)2-7(13)11(6)9-10/h2-3,8-9,12H,4H2,1H3. The fourth-order valence-corrected chi connectivity index (χ4v) is 1.52. The molecule has 0 spiro atoms. The van der Waals surface area contributed by atoms with Gasteiger partial charge in [-0.05, 0) is 6.08 Å². The molecule has 0 saturated heterocycles. The van der Waals surface area contributed by atoms with E-state index in [1.165, 1.54) is 0 Å². The van der Waals surface area contributed by atoms with Gasteiger partial charge in [0.15, 0.2) is 0 Å². The first-order valence-electron chi connectivity index (χ1n) is 3.84. The molecule has 0 fully saturated rings. The van der Waals surface area contributed by atoms with Crippen LogP contribution in [-0.2, 0) is 0 Å². The van der Waals surface area contributed by atoms with Gasteiger partial charge in [0.25, 0.3) is 0 Å². The summed E-state index contributed by atoms with van der Waals surface area (Å²) in [7, 11) is 1.87. The first-order chi connectivity index (χ1) is 6.20. The summed E-state index contributed by atoms with van der Waals surface area (Å²) in [5, 5.41) is 15.5. The predicted molar refractivity (Wildman–Crippen MR) is 51.7 cm³/mol. The van der Waals surface area contributed by atoms with Crippen molar-refractivity contribution in [1.82, 2.24) is 20.9 Å². The molecular weight excluding hydrogens is 188 g/mol. The molecule has 2 aliphatic rings. The Bertz CT molecular complexity index is 312. The normalized spacial score (nSPS) is 20.9. The molecule has 0 amide bonds. The van der Waals surface area contributed by atoms with Crippen LogP contribution in [0, 0.1) is 0 Å². The zero-order valence-corrected chi connectivity index (χ0v) is 7.93. The van der Waals surface area contributed by atoms with Crippen LogP contribution in [0.15, 0.2) is 23.8 Å². The molecule has 6 heteroatoms. The van der Waals surface area contributed by atoms with Gasteiger partial charge in [-0.25, -0.2) is 5.01 Å². The number of hydrogen-bond donors (Lipinski definition) is 3. The molecular formula is C7H10N4OS. The van der Waals surface area contributed by atoms with Crippen molar-refractivity contribution in [3.63, 3.8) is 0 Å². The van der Waals surface area contributed by atoms with E-state index < -0.39 is 0 Å². The van der Waals surface area contributed by atoms with E-state index in [4.69, 9.17) is 17.3 Å². The Labute approximate surface area is 81.3 Å². The van der Waals surface area contributed by atoms with Crippen LogP contribution in [0.2, 0.25) is 0 Å². The number of nitrogens with zero attached hydrogens (tertiary/aromatic N) is 2. The van der Waals surface area contributed by atoms with Crippen molar-refractivity contribution in [1.29, 1.82) is 0 Å². The summed E-state index contributed by atoms with van der Waals surface area (Å²) in [6.45, 7) is -0.0327. The molecule has 13 heavy (non-hydrogen) atoms. The number of hydrazine groups is 2. The van der Waals surface area contributed by atoms with Crippen molar-refractivity contribution in [2.24, 2.45) is 0 Å². The van der Waals surface area contributed by atoms with Crippen molar-refractivity contribution < 1.29 is 5.11 Å². The molecule has 0 aromatic carbocycles. The van der Waals surface area contributed by atoms with E-state index in [-0.39, 0.29) is 6.61 Å². The van der Waals surface area contributed by atoms with Crippen LogP contribution in [0.3, 0.4) is 0 Å². The number of nitrogens with one attached hydrogen (secondary N) is 2. The lowest BCUT2D eigenvalue weighted by molar-refractivity contribution is 0.220. The maximum absolute atomic E-state index is 8.92. The number of rotatable bonds is 1. The highest BCUT2D eigenvalue weighted by molar-refractivity contribution is 7.80. The summed E-state index contributed by atoms with van der Waals surface area (Å²) in [4.78, 5) is 0.637. The molecule has 2 heterocycles. The molecule has 0 saturated carbocycles. The smallest absolute Gasteiger partial charge is 0.145 e. The highest BCUT2D eigenvalue weighted by Gasteiger charge is 2.25. The van der Waals surface area contributed by atoms with Crippen molar-refractivity contribution in [3.8, 4) is 0 Å². The molecule has 0 unspecified atom stereocenters. The van der Waals surface area contributed by atoms with Crippen LogP contribution in [0.5, 0.6) is 0 Å². The molecule has 0 bridgehead atoms. The van der Waals surface area contributed by atoms with Crippen LogP contribution >= 0.6 is 12.2 Å². The number of fused-ring (bicyclic) bond motifs is 1. The second kappa shape index (κ2) is 2.99. The summed E-state index contributed by atoms with van der Waals surface area (Å²) in [6, 6.07) is 0. The Morgan fingerprint density at radius 3 is 3.08 bits per heavy atom. The van der Waals surface area contributed by atoms with Crippen LogP contribution < -0.4 is 10.9 Å². The molecule has 3 N–H and O–H groups in total. The number of aliphatic hydroxyl groups excluding tert-OH is 1. The van der Waals surface area contributed by atoms with Crippen LogP contribution in [-0.4, -0.2) is 33.8 Å². The SMILES string of the molecule is CN1C=C2NC(CO)=CC(=S)N2N1. The minimum absolute atomic E-state index is 0.0327. The van der Waals surface area contributed by atoms with E-state index in [2.05, 4.69) is 10.9 Å². The lowest BCUT2D eigenvalue weighted by Gasteiger charge is -2.27. The summed E-state index contributed by atoms with van der Waals surface area (Å²) >= 11 is 5.11. The van der Waals surface area contributed by atoms with Crippen LogP contribution in [0.4, 0.5) is 0 Å². The first kappa shape index (κ1) is 8.49. The molecule has 0 radical (unpaired) electrons. The zero-order chi connectivity index (χ0) is 9.42. The second-order valence-electron chi connectivity index (χ2n) is 2.85. The number of aliphatic hydroxyl groups is 1. The Balaban J connectivity index is 2.27. The van der Waals surface area contributed by atoms with Gasteiger partial charge >= 0.3 is 0 Å². The maximum atomic E-state index is 8.92. The minimum atomic E-state index is -0.0327. The van der Waals surface area contributed by atoms with Crippen molar-refractivity contribution in [2.45, 2.75) is 0 Å². The molecule has 0 aromatic rings. The fraction of sp³-hybridized carbons (Fsp3) is 0.286. The van der Waals surface area contributed by atoms with Gasteiger partial charge in [0, 0.05) is 12.7 Å². The first-order valence-corrected chi connectivity index (χ1v) is 4.25. The van der Waals surface area contributed by atoms with Gasteiger partial charge < -0.3 is 10.4 Å². The lowest BCUT2D eigenvalue weighted by atomic mass is 10.3. The van der Waals surface area contributed by atoms with Gasteiger partial charge in [0.2, 0.25) is 0 Å². The number of thiocarbonyl (C=S) groups is 1. The summed E-state index contributed by atoms with van der Waals surface area (Å²) in [6.07, 6.45) is 3.58. The molecule has 70 valence electrons. The molecule has 0 atom stereocenters. The van der Waals surface area contributed by atoms with Gasteiger partial charge in [-0.1, -0.05) is 12.2 Å². The quantitative estimate of drug-likeness (QED) is 0.482. The Kier molecular flexibility index (Phi) is 1.95. The summed E-state index contributed by atoms with van der Waals surface area (Å²) in [5.41, 5.74) is 3.71. The van der Waals surface area contributed by atoms with Crippen molar-refractivity contribution in [2.75, 3.05) is 13.7 Å². The lowest BCUT2D eigenvalue weighted by Crippen LogP contribution is -2.46. The fourth-order valence-electron chi connectivity index (χ4n) is 1.24. The third kappa shape index (κ3) is 1.39. The second-order valence-corrected chi connectivity index (χ2v) is 3.27. The molecule has 2 rings (SSSR count). The molecule has 0 aromatic heterocycles. The Hall–Kier alpha value is -1.11. The van der Waals surface area contributed by atoms with E-state index in [0.717, 1.165) is 5.82 Å². The van der Waals surface area contributed by atoms with Gasteiger partial charge in [-0.15, -0.1) is 5.53 Å². The highest BCUT2D eigenvalue weighted by Crippen LogP contribution is 2.15. The largest absolute Gasteiger partial charge is 0.390 e. The molecule has 0 aliphatic carbocycles. The Morgan fingerprint density at radius 2 is 2.38 bits per heavy atom. The minimum Gasteiger partial charge on any atom is -0.390 e. The van der Waals surface area contributed by atoms with E-state index in [1.807, 2.05) is 13.2 Å². The van der Waals surface area contributed by atoms with E-state index in [9.17, 15) is 0 Å². The zero-order valence-electron chi connectivity index (χ0n) is 7.11. The third-order valence-corrected chi connectivity index (χ3v) is 2.09. The van der Waals surface area contributed by atoms with Gasteiger partial charge in [0.1, 0.15) is 10.8 Å². The number of hydrogen-bond acceptors (Lipinski definition) is 5. The predicted octanol–water partition coefficient (Wildman–Crippen LogP) is -0.741. The van der Waals surface area contributed by atoms with Crippen molar-refractivity contribution in [3.05, 3.63) is 23.8 Å². The highest BCUT2D eigenvalue weighted by atomic mass is 32.1. The maximum Gasteiger partial charge on any atom is 0.145 e. The Morgan fingerprint density at radius 1 is 1.62 bits per heavy atom. The third-order valence-electron chi connectivity index (χ3n) is 1.79. The van der Waals surface area contributed by atoms with E-state index in [0.29, 0.717) is 10.7 Å². The van der Waals surface area contributed by atoms with E-state index >= 15 is 0 Å². The van der Waals surface area contributed by atoms with Gasteiger partial charge in [-0.2, -0.15) is 0 Å². The van der Waals surface area contributed by atoms with E-state index in [1.54, 1.807) is 16.1 Å². The van der Waals surface area contributed by atoms with Crippen LogP contribution in [0.25, 0.3) is 0 Å². The molecule has 2 aliphatic heterocycles. The summed E-state index contributed by atoms with van der Waals surface area (Å²) in [5.74, 6) is 0.832. The topological polar surface area (TPSA) is 50.8 Å².